The number of phenolic OH excluding ortho intramolecular Hbond substituents is 1. The maximum atomic E-state index is 12.2. The van der Waals surface area contributed by atoms with Crippen LogP contribution in [0.1, 0.15) is 15.9 Å². The summed E-state index contributed by atoms with van der Waals surface area (Å²) in [5.74, 6) is 0.154. The van der Waals surface area contributed by atoms with Crippen molar-refractivity contribution in [2.45, 2.75) is 6.42 Å². The Labute approximate surface area is 122 Å². The van der Waals surface area contributed by atoms with Crippen molar-refractivity contribution < 1.29 is 9.90 Å². The van der Waals surface area contributed by atoms with Crippen LogP contribution in [0, 0.1) is 0 Å². The summed E-state index contributed by atoms with van der Waals surface area (Å²) in [6.45, 7) is 0.482. The van der Waals surface area contributed by atoms with E-state index in [0.29, 0.717) is 18.5 Å². The zero-order valence-corrected chi connectivity index (χ0v) is 11.5. The Balaban J connectivity index is 1.66. The number of hydrogen-bond donors (Lipinski definition) is 3. The van der Waals surface area contributed by atoms with Gasteiger partial charge in [0, 0.05) is 23.6 Å². The van der Waals surface area contributed by atoms with Crippen LogP contribution in [-0.2, 0) is 6.42 Å². The Morgan fingerprint density at radius 3 is 2.71 bits per heavy atom. The van der Waals surface area contributed by atoms with Crippen LogP contribution in [0.2, 0.25) is 0 Å². The topological polar surface area (TPSA) is 65.1 Å². The first kappa shape index (κ1) is 13.2. The van der Waals surface area contributed by atoms with Gasteiger partial charge in [-0.1, -0.05) is 36.4 Å². The zero-order chi connectivity index (χ0) is 14.7. The highest BCUT2D eigenvalue weighted by Crippen LogP contribution is 2.18. The van der Waals surface area contributed by atoms with Crippen molar-refractivity contribution in [3.8, 4) is 5.75 Å². The smallest absolute Gasteiger partial charge is 0.253 e. The predicted molar refractivity (Wildman–Crippen MR) is 82.4 cm³/mol. The predicted octanol–water partition coefficient (Wildman–Crippen LogP) is 2.85. The minimum atomic E-state index is -0.108. The summed E-state index contributed by atoms with van der Waals surface area (Å²) in [5.41, 5.74) is 2.42. The second kappa shape index (κ2) is 5.71. The van der Waals surface area contributed by atoms with Crippen LogP contribution in [0.15, 0.2) is 54.7 Å². The fourth-order valence-electron chi connectivity index (χ4n) is 2.39. The average molecular weight is 280 g/mol. The molecular weight excluding hydrogens is 264 g/mol. The highest BCUT2D eigenvalue weighted by Gasteiger charge is 2.11. The van der Waals surface area contributed by atoms with Gasteiger partial charge in [-0.05, 0) is 24.1 Å². The van der Waals surface area contributed by atoms with Crippen molar-refractivity contribution in [2.75, 3.05) is 6.54 Å². The number of aromatic nitrogens is 1. The van der Waals surface area contributed by atoms with Crippen molar-refractivity contribution in [3.63, 3.8) is 0 Å². The van der Waals surface area contributed by atoms with Crippen molar-refractivity contribution >= 4 is 16.8 Å². The standard InChI is InChI=1S/C17H16N2O2/c20-16-8-4-1-5-12(16)9-10-18-17(21)14-11-19-15-7-3-2-6-13(14)15/h1-8,11,19-20H,9-10H2,(H,18,21). The third-order valence-electron chi connectivity index (χ3n) is 3.51. The first-order chi connectivity index (χ1) is 10.3. The van der Waals surface area contributed by atoms with E-state index in [4.69, 9.17) is 0 Å². The minimum Gasteiger partial charge on any atom is -0.508 e. The fraction of sp³-hybridized carbons (Fsp3) is 0.118. The van der Waals surface area contributed by atoms with Crippen LogP contribution in [0.5, 0.6) is 5.75 Å². The monoisotopic (exact) mass is 280 g/mol. The second-order valence-electron chi connectivity index (χ2n) is 4.88. The molecule has 0 aliphatic carbocycles. The quantitative estimate of drug-likeness (QED) is 0.688. The lowest BCUT2D eigenvalue weighted by molar-refractivity contribution is 0.0955. The number of carbonyl (C=O) groups excluding carboxylic acids is 1. The van der Waals surface area contributed by atoms with Crippen LogP contribution < -0.4 is 5.32 Å². The highest BCUT2D eigenvalue weighted by atomic mass is 16.3. The maximum Gasteiger partial charge on any atom is 0.253 e. The number of fused-ring (bicyclic) bond motifs is 1. The third kappa shape index (κ3) is 2.74. The van der Waals surface area contributed by atoms with Crippen LogP contribution in [0.3, 0.4) is 0 Å². The van der Waals surface area contributed by atoms with E-state index in [-0.39, 0.29) is 11.7 Å². The van der Waals surface area contributed by atoms with Gasteiger partial charge in [0.1, 0.15) is 5.75 Å². The lowest BCUT2D eigenvalue weighted by atomic mass is 10.1. The van der Waals surface area contributed by atoms with E-state index >= 15 is 0 Å². The molecule has 2 aromatic carbocycles. The molecule has 0 aliphatic heterocycles. The molecule has 0 fully saturated rings. The number of para-hydroxylation sites is 2. The molecule has 106 valence electrons. The molecule has 0 spiro atoms. The molecule has 0 saturated carbocycles. The molecule has 4 heteroatoms. The number of rotatable bonds is 4. The molecule has 3 N–H and O–H groups in total. The van der Waals surface area contributed by atoms with Gasteiger partial charge in [-0.2, -0.15) is 0 Å². The van der Waals surface area contributed by atoms with Gasteiger partial charge in [0.2, 0.25) is 0 Å². The molecule has 0 unspecified atom stereocenters. The highest BCUT2D eigenvalue weighted by molar-refractivity contribution is 6.06. The molecule has 1 aromatic heterocycles. The average Bonchev–Trinajstić information content (AvgIpc) is 2.93. The third-order valence-corrected chi connectivity index (χ3v) is 3.51. The molecular formula is C17H16N2O2. The molecule has 4 nitrogen and oxygen atoms in total. The Bertz CT molecular complexity index is 777. The van der Waals surface area contributed by atoms with Gasteiger partial charge in [0.15, 0.2) is 0 Å². The van der Waals surface area contributed by atoms with Crippen molar-refractivity contribution in [1.29, 1.82) is 0 Å². The molecule has 0 bridgehead atoms. The number of H-pyrrole nitrogens is 1. The molecule has 3 aromatic rings. The normalized spacial score (nSPS) is 10.7. The molecule has 0 aliphatic rings. The Hall–Kier alpha value is -2.75. The van der Waals surface area contributed by atoms with Gasteiger partial charge in [-0.25, -0.2) is 0 Å². The van der Waals surface area contributed by atoms with Crippen LogP contribution >= 0.6 is 0 Å². The summed E-state index contributed by atoms with van der Waals surface area (Å²) in [6.07, 6.45) is 2.32. The zero-order valence-electron chi connectivity index (χ0n) is 11.5. The van der Waals surface area contributed by atoms with Gasteiger partial charge in [-0.3, -0.25) is 4.79 Å². The summed E-state index contributed by atoms with van der Waals surface area (Å²) in [7, 11) is 0. The lowest BCUT2D eigenvalue weighted by Crippen LogP contribution is -2.25. The molecule has 1 amide bonds. The number of carbonyl (C=O) groups is 1. The van der Waals surface area contributed by atoms with E-state index in [1.54, 1.807) is 18.3 Å². The molecule has 1 heterocycles. The first-order valence-electron chi connectivity index (χ1n) is 6.87. The first-order valence-corrected chi connectivity index (χ1v) is 6.87. The van der Waals surface area contributed by atoms with Crippen LogP contribution in [0.4, 0.5) is 0 Å². The Kier molecular flexibility index (Phi) is 3.60. The summed E-state index contributed by atoms with van der Waals surface area (Å²) in [6, 6.07) is 14.9. The van der Waals surface area contributed by atoms with E-state index in [0.717, 1.165) is 16.5 Å². The van der Waals surface area contributed by atoms with Gasteiger partial charge in [0.05, 0.1) is 5.56 Å². The SMILES string of the molecule is O=C(NCCc1ccccc1O)c1c[nH]c2ccccc12. The number of nitrogens with one attached hydrogen (secondary N) is 2. The lowest BCUT2D eigenvalue weighted by Gasteiger charge is -2.06. The summed E-state index contributed by atoms with van der Waals surface area (Å²) >= 11 is 0. The number of hydrogen-bond acceptors (Lipinski definition) is 2. The Morgan fingerprint density at radius 1 is 1.10 bits per heavy atom. The number of phenols is 1. The molecule has 0 radical (unpaired) electrons. The van der Waals surface area contributed by atoms with E-state index in [1.165, 1.54) is 0 Å². The van der Waals surface area contributed by atoms with Crippen molar-refractivity contribution in [3.05, 3.63) is 65.9 Å². The second-order valence-corrected chi connectivity index (χ2v) is 4.88. The Morgan fingerprint density at radius 2 is 1.86 bits per heavy atom. The number of amides is 1. The summed E-state index contributed by atoms with van der Waals surface area (Å²) in [5, 5.41) is 13.5. The number of aromatic hydroxyl groups is 1. The molecule has 0 saturated heterocycles. The maximum absolute atomic E-state index is 12.2. The van der Waals surface area contributed by atoms with Gasteiger partial charge >= 0.3 is 0 Å². The van der Waals surface area contributed by atoms with E-state index in [9.17, 15) is 9.90 Å². The van der Waals surface area contributed by atoms with E-state index < -0.39 is 0 Å². The summed E-state index contributed by atoms with van der Waals surface area (Å²) in [4.78, 5) is 15.3. The largest absolute Gasteiger partial charge is 0.508 e. The fourth-order valence-corrected chi connectivity index (χ4v) is 2.39. The van der Waals surface area contributed by atoms with Gasteiger partial charge < -0.3 is 15.4 Å². The number of benzene rings is 2. The van der Waals surface area contributed by atoms with Gasteiger partial charge in [-0.15, -0.1) is 0 Å². The van der Waals surface area contributed by atoms with Crippen molar-refractivity contribution in [2.24, 2.45) is 0 Å². The minimum absolute atomic E-state index is 0.108. The van der Waals surface area contributed by atoms with Crippen molar-refractivity contribution in [1.82, 2.24) is 10.3 Å². The molecule has 3 rings (SSSR count). The van der Waals surface area contributed by atoms with Crippen LogP contribution in [0.25, 0.3) is 10.9 Å². The van der Waals surface area contributed by atoms with E-state index in [2.05, 4.69) is 10.3 Å². The van der Waals surface area contributed by atoms with Gasteiger partial charge in [0.25, 0.3) is 5.91 Å². The number of aromatic amines is 1. The molecule has 21 heavy (non-hydrogen) atoms. The summed E-state index contributed by atoms with van der Waals surface area (Å²) < 4.78 is 0. The van der Waals surface area contributed by atoms with Crippen LogP contribution in [-0.4, -0.2) is 22.5 Å². The molecule has 0 atom stereocenters. The van der Waals surface area contributed by atoms with E-state index in [1.807, 2.05) is 36.4 Å².